The van der Waals surface area contributed by atoms with Gasteiger partial charge in [-0.1, -0.05) is 29.3 Å². The number of anilines is 1. The van der Waals surface area contributed by atoms with Gasteiger partial charge in [-0.3, -0.25) is 14.5 Å². The van der Waals surface area contributed by atoms with Crippen molar-refractivity contribution in [1.82, 2.24) is 9.80 Å². The predicted molar refractivity (Wildman–Crippen MR) is 108 cm³/mol. The van der Waals surface area contributed by atoms with Crippen LogP contribution in [0.4, 0.5) is 5.69 Å². The van der Waals surface area contributed by atoms with Crippen LogP contribution in [0.15, 0.2) is 36.4 Å². The van der Waals surface area contributed by atoms with E-state index >= 15 is 0 Å². The van der Waals surface area contributed by atoms with Crippen molar-refractivity contribution in [2.45, 2.75) is 20.4 Å². The zero-order valence-corrected chi connectivity index (χ0v) is 16.9. The molecule has 2 amide bonds. The molecule has 0 aliphatic carbocycles. The number of nitrogens with zero attached hydrogens (tertiary/aromatic N) is 2. The molecule has 0 unspecified atom stereocenters. The van der Waals surface area contributed by atoms with Crippen LogP contribution in [0.3, 0.4) is 0 Å². The van der Waals surface area contributed by atoms with Gasteiger partial charge in [-0.2, -0.15) is 0 Å². The third-order valence-electron chi connectivity index (χ3n) is 3.86. The molecule has 0 aliphatic heterocycles. The standard InChI is InChI=1S/C19H24ClN3O2S/c1-4-23(11-16-9-10-17(20)26-16)19(25)13-22(3)12-18(24)21-15-7-5-14(2)6-8-15/h5-10H,4,11-13H2,1-3H3,(H,21,24). The highest BCUT2D eigenvalue weighted by Gasteiger charge is 2.17. The number of hydrogen-bond acceptors (Lipinski definition) is 4. The van der Waals surface area contributed by atoms with Crippen LogP contribution < -0.4 is 5.32 Å². The molecule has 1 aromatic heterocycles. The van der Waals surface area contributed by atoms with Crippen LogP contribution in [0.2, 0.25) is 4.34 Å². The van der Waals surface area contributed by atoms with Gasteiger partial charge >= 0.3 is 0 Å². The van der Waals surface area contributed by atoms with Gasteiger partial charge < -0.3 is 10.2 Å². The van der Waals surface area contributed by atoms with Crippen LogP contribution in [0.5, 0.6) is 0 Å². The molecule has 0 spiro atoms. The van der Waals surface area contributed by atoms with Gasteiger partial charge in [0.1, 0.15) is 0 Å². The number of nitrogens with one attached hydrogen (secondary N) is 1. The van der Waals surface area contributed by atoms with E-state index in [1.165, 1.54) is 11.3 Å². The SMILES string of the molecule is CCN(Cc1ccc(Cl)s1)C(=O)CN(C)CC(=O)Nc1ccc(C)cc1. The zero-order chi connectivity index (χ0) is 19.1. The van der Waals surface area contributed by atoms with Crippen molar-refractivity contribution >= 4 is 40.4 Å². The normalized spacial score (nSPS) is 10.8. The average Bonchev–Trinajstić information content (AvgIpc) is 2.99. The summed E-state index contributed by atoms with van der Waals surface area (Å²) in [6.07, 6.45) is 0. The van der Waals surface area contributed by atoms with Gasteiger partial charge in [-0.25, -0.2) is 0 Å². The number of aryl methyl sites for hydroxylation is 1. The van der Waals surface area contributed by atoms with Crippen molar-refractivity contribution in [2.24, 2.45) is 0 Å². The Morgan fingerprint density at radius 3 is 2.38 bits per heavy atom. The van der Waals surface area contributed by atoms with Crippen LogP contribution in [0.1, 0.15) is 17.4 Å². The lowest BCUT2D eigenvalue weighted by molar-refractivity contribution is -0.132. The first-order chi connectivity index (χ1) is 12.4. The van der Waals surface area contributed by atoms with Gasteiger partial charge in [-0.15, -0.1) is 11.3 Å². The predicted octanol–water partition coefficient (Wildman–Crippen LogP) is 3.63. The van der Waals surface area contributed by atoms with Crippen molar-refractivity contribution in [2.75, 3.05) is 32.0 Å². The molecule has 5 nitrogen and oxygen atoms in total. The lowest BCUT2D eigenvalue weighted by Crippen LogP contribution is -2.41. The Balaban J connectivity index is 1.82. The second-order valence-corrected chi connectivity index (χ2v) is 8.00. The van der Waals surface area contributed by atoms with Crippen molar-refractivity contribution < 1.29 is 9.59 Å². The summed E-state index contributed by atoms with van der Waals surface area (Å²) in [7, 11) is 1.77. The summed E-state index contributed by atoms with van der Waals surface area (Å²) < 4.78 is 0.716. The Morgan fingerprint density at radius 1 is 1.12 bits per heavy atom. The van der Waals surface area contributed by atoms with E-state index in [0.717, 1.165) is 16.1 Å². The fourth-order valence-electron chi connectivity index (χ4n) is 2.47. The number of halogens is 1. The molecule has 0 bridgehead atoms. The molecular weight excluding hydrogens is 370 g/mol. The second-order valence-electron chi connectivity index (χ2n) is 6.20. The molecular formula is C19H24ClN3O2S. The quantitative estimate of drug-likeness (QED) is 0.745. The largest absolute Gasteiger partial charge is 0.337 e. The smallest absolute Gasteiger partial charge is 0.238 e. The Bertz CT molecular complexity index is 745. The van der Waals surface area contributed by atoms with Gasteiger partial charge in [-0.05, 0) is 45.2 Å². The summed E-state index contributed by atoms with van der Waals surface area (Å²) >= 11 is 7.42. The number of hydrogen-bond donors (Lipinski definition) is 1. The third kappa shape index (κ3) is 6.44. The topological polar surface area (TPSA) is 52.7 Å². The van der Waals surface area contributed by atoms with E-state index in [0.29, 0.717) is 17.4 Å². The summed E-state index contributed by atoms with van der Waals surface area (Å²) in [4.78, 5) is 29.2. The molecule has 0 radical (unpaired) electrons. The van der Waals surface area contributed by atoms with E-state index in [2.05, 4.69) is 5.32 Å². The highest BCUT2D eigenvalue weighted by atomic mass is 35.5. The Morgan fingerprint density at radius 2 is 1.81 bits per heavy atom. The van der Waals surface area contributed by atoms with E-state index in [4.69, 9.17) is 11.6 Å². The van der Waals surface area contributed by atoms with Gasteiger partial charge in [0, 0.05) is 17.1 Å². The Hall–Kier alpha value is -1.89. The van der Waals surface area contributed by atoms with Crippen molar-refractivity contribution in [3.8, 4) is 0 Å². The molecule has 7 heteroatoms. The first-order valence-electron chi connectivity index (χ1n) is 8.44. The molecule has 1 aromatic carbocycles. The van der Waals surface area contributed by atoms with Crippen molar-refractivity contribution in [3.63, 3.8) is 0 Å². The maximum Gasteiger partial charge on any atom is 0.238 e. The molecule has 26 heavy (non-hydrogen) atoms. The summed E-state index contributed by atoms with van der Waals surface area (Å²) in [5.41, 5.74) is 1.89. The van der Waals surface area contributed by atoms with Crippen LogP contribution in [-0.2, 0) is 16.1 Å². The van der Waals surface area contributed by atoms with E-state index in [9.17, 15) is 9.59 Å². The average molecular weight is 394 g/mol. The maximum absolute atomic E-state index is 12.5. The fraction of sp³-hybridized carbons (Fsp3) is 0.368. The molecule has 2 aromatic rings. The highest BCUT2D eigenvalue weighted by molar-refractivity contribution is 7.16. The minimum atomic E-state index is -0.141. The van der Waals surface area contributed by atoms with Crippen molar-refractivity contribution in [3.05, 3.63) is 51.2 Å². The van der Waals surface area contributed by atoms with E-state index in [-0.39, 0.29) is 24.9 Å². The van der Waals surface area contributed by atoms with Crippen LogP contribution in [0, 0.1) is 6.92 Å². The number of rotatable bonds is 8. The van der Waals surface area contributed by atoms with Crippen LogP contribution >= 0.6 is 22.9 Å². The van der Waals surface area contributed by atoms with Crippen LogP contribution in [-0.4, -0.2) is 48.3 Å². The molecule has 0 aliphatic rings. The Kier molecular flexibility index (Phi) is 7.63. The van der Waals surface area contributed by atoms with E-state index in [1.54, 1.807) is 16.8 Å². The van der Waals surface area contributed by atoms with Gasteiger partial charge in [0.15, 0.2) is 0 Å². The molecule has 2 rings (SSSR count). The summed E-state index contributed by atoms with van der Waals surface area (Å²) in [6.45, 7) is 5.43. The first kappa shape index (κ1) is 20.4. The first-order valence-corrected chi connectivity index (χ1v) is 9.64. The number of thiophene rings is 1. The summed E-state index contributed by atoms with van der Waals surface area (Å²) in [5, 5.41) is 2.84. The highest BCUT2D eigenvalue weighted by Crippen LogP contribution is 2.22. The number of benzene rings is 1. The van der Waals surface area contributed by atoms with Crippen LogP contribution in [0.25, 0.3) is 0 Å². The van der Waals surface area contributed by atoms with Gasteiger partial charge in [0.2, 0.25) is 11.8 Å². The molecule has 1 N–H and O–H groups in total. The number of carbonyl (C=O) groups excluding carboxylic acids is 2. The van der Waals surface area contributed by atoms with Gasteiger partial charge in [0.25, 0.3) is 0 Å². The Labute approximate surface area is 163 Å². The lowest BCUT2D eigenvalue weighted by Gasteiger charge is -2.23. The molecule has 1 heterocycles. The molecule has 0 saturated carbocycles. The molecule has 0 atom stereocenters. The maximum atomic E-state index is 12.5. The molecule has 0 saturated heterocycles. The third-order valence-corrected chi connectivity index (χ3v) is 5.08. The monoisotopic (exact) mass is 393 g/mol. The zero-order valence-electron chi connectivity index (χ0n) is 15.3. The number of carbonyl (C=O) groups is 2. The lowest BCUT2D eigenvalue weighted by atomic mass is 10.2. The van der Waals surface area contributed by atoms with E-state index in [1.807, 2.05) is 50.2 Å². The minimum Gasteiger partial charge on any atom is -0.337 e. The van der Waals surface area contributed by atoms with Gasteiger partial charge in [0.05, 0.1) is 24.0 Å². The summed E-state index contributed by atoms with van der Waals surface area (Å²) in [6, 6.07) is 11.4. The number of amides is 2. The van der Waals surface area contributed by atoms with E-state index < -0.39 is 0 Å². The minimum absolute atomic E-state index is 0.0114. The van der Waals surface area contributed by atoms with Crippen molar-refractivity contribution in [1.29, 1.82) is 0 Å². The molecule has 0 fully saturated rings. The fourth-order valence-corrected chi connectivity index (χ4v) is 3.57. The molecule has 140 valence electrons. The number of likely N-dealkylation sites (N-methyl/N-ethyl adjacent to an activating group) is 2. The second kappa shape index (κ2) is 9.71. The summed E-state index contributed by atoms with van der Waals surface area (Å²) in [5.74, 6) is -0.153.